The molecule has 2 aromatic rings. The maximum Gasteiger partial charge on any atom is 0.522 e. The summed E-state index contributed by atoms with van der Waals surface area (Å²) in [7, 11) is 0. The number of ether oxygens (including phenoxy) is 3. The van der Waals surface area contributed by atoms with E-state index in [-0.39, 0.29) is 25.2 Å². The number of aliphatic hydroxyl groups excluding tert-OH is 2. The van der Waals surface area contributed by atoms with Crippen LogP contribution in [-0.2, 0) is 15.1 Å². The molecule has 3 atom stereocenters. The second-order valence-electron chi connectivity index (χ2n) is 10.5. The van der Waals surface area contributed by atoms with E-state index in [1.807, 2.05) is 0 Å². The van der Waals surface area contributed by atoms with Crippen molar-refractivity contribution in [1.82, 2.24) is 15.5 Å². The van der Waals surface area contributed by atoms with Crippen molar-refractivity contribution in [2.24, 2.45) is 0 Å². The van der Waals surface area contributed by atoms with Crippen LogP contribution in [0, 0.1) is 0 Å². The Balaban J connectivity index is 1.06. The highest BCUT2D eigenvalue weighted by atomic mass is 35.5. The van der Waals surface area contributed by atoms with Gasteiger partial charge in [0.05, 0.1) is 18.8 Å². The van der Waals surface area contributed by atoms with Crippen LogP contribution in [0.4, 0.5) is 13.2 Å². The average Bonchev–Trinajstić information content (AvgIpc) is 3.32. The van der Waals surface area contributed by atoms with Crippen LogP contribution in [0.5, 0.6) is 5.75 Å². The van der Waals surface area contributed by atoms with E-state index in [9.17, 15) is 23.4 Å². The predicted octanol–water partition coefficient (Wildman–Crippen LogP) is 3.84. The first kappa shape index (κ1) is 25.3. The molecule has 2 aliphatic carbocycles. The molecule has 3 N–H and O–H groups in total. The lowest BCUT2D eigenvalue weighted by atomic mass is 9.71. The second-order valence-corrected chi connectivity index (χ2v) is 11.0. The lowest BCUT2D eigenvalue weighted by molar-refractivity contribution is -0.352. The van der Waals surface area contributed by atoms with E-state index in [0.29, 0.717) is 60.4 Å². The van der Waals surface area contributed by atoms with Crippen LogP contribution in [-0.4, -0.2) is 57.4 Å². The molecule has 2 saturated carbocycles. The molecule has 3 unspecified atom stereocenters. The van der Waals surface area contributed by atoms with E-state index < -0.39 is 42.0 Å². The van der Waals surface area contributed by atoms with Crippen molar-refractivity contribution in [3.63, 3.8) is 0 Å². The van der Waals surface area contributed by atoms with Crippen LogP contribution in [0.15, 0.2) is 22.6 Å². The summed E-state index contributed by atoms with van der Waals surface area (Å²) in [5.74, 6) is 0.871. The van der Waals surface area contributed by atoms with Crippen molar-refractivity contribution in [3.05, 3.63) is 40.6 Å². The van der Waals surface area contributed by atoms with Crippen LogP contribution >= 0.6 is 11.6 Å². The highest BCUT2D eigenvalue weighted by molar-refractivity contribution is 6.30. The van der Waals surface area contributed by atoms with Crippen LogP contribution < -0.4 is 10.1 Å². The number of aromatic nitrogens is 2. The number of benzene rings is 1. The first-order valence-electron chi connectivity index (χ1n) is 12.4. The lowest BCUT2D eigenvalue weighted by Crippen LogP contribution is -2.65. The van der Waals surface area contributed by atoms with Crippen molar-refractivity contribution in [2.45, 2.75) is 92.9 Å². The van der Waals surface area contributed by atoms with Gasteiger partial charge in [-0.2, -0.15) is 0 Å². The van der Waals surface area contributed by atoms with Crippen molar-refractivity contribution in [3.8, 4) is 5.75 Å². The number of aliphatic hydroxyl groups is 2. The SMILES string of the molecule is OC1CC(C(O)NC23CCC(c4nnc([C@H]5C[C@@H](OC(F)(F)F)C5)o4)(CC2)OC3)Oc2ccc(Cl)cc21. The van der Waals surface area contributed by atoms with Gasteiger partial charge in [0, 0.05) is 28.5 Å². The number of nitrogens with zero attached hydrogens (tertiary/aromatic N) is 2. The molecule has 5 aliphatic rings. The van der Waals surface area contributed by atoms with Crippen LogP contribution in [0.3, 0.4) is 0 Å². The molecule has 2 bridgehead atoms. The smallest absolute Gasteiger partial charge is 0.486 e. The molecule has 0 spiro atoms. The highest BCUT2D eigenvalue weighted by Crippen LogP contribution is 2.50. The summed E-state index contributed by atoms with van der Waals surface area (Å²) in [6.07, 6.45) is -4.97. The topological polar surface area (TPSA) is 119 Å². The van der Waals surface area contributed by atoms with E-state index in [1.54, 1.807) is 18.2 Å². The quantitative estimate of drug-likeness (QED) is 0.465. The molecule has 0 amide bonds. The number of hydrogen-bond acceptors (Lipinski definition) is 9. The molecular weight excluding hydrogens is 519 g/mol. The molecule has 13 heteroatoms. The van der Waals surface area contributed by atoms with Gasteiger partial charge in [-0.05, 0) is 56.7 Å². The zero-order valence-electron chi connectivity index (χ0n) is 19.7. The maximum atomic E-state index is 12.4. The summed E-state index contributed by atoms with van der Waals surface area (Å²) in [5, 5.41) is 33.5. The van der Waals surface area contributed by atoms with Gasteiger partial charge < -0.3 is 24.1 Å². The number of alkyl halides is 3. The van der Waals surface area contributed by atoms with E-state index >= 15 is 0 Å². The third-order valence-corrected chi connectivity index (χ3v) is 8.32. The van der Waals surface area contributed by atoms with Gasteiger partial charge in [-0.3, -0.25) is 10.1 Å². The summed E-state index contributed by atoms with van der Waals surface area (Å²) in [6.45, 7) is 0.300. The van der Waals surface area contributed by atoms with Crippen LogP contribution in [0.1, 0.15) is 74.3 Å². The van der Waals surface area contributed by atoms with Crippen LogP contribution in [0.2, 0.25) is 5.02 Å². The fourth-order valence-electron chi connectivity index (χ4n) is 5.84. The standard InChI is InChI=1S/C24H27ClF3N3O6/c25-13-1-2-17-15(9-13)16(32)10-18(35-17)19(33)29-22-3-5-23(6-4-22,34-11-22)21-31-30-20(36-21)12-7-14(8-12)37-24(26,27)28/h1-2,9,12,14,16,18-19,29,32-33H,3-8,10-11H2/t12-,14+,16?,18?,19?,22?,23?. The molecule has 1 aromatic carbocycles. The molecule has 4 fully saturated rings. The number of nitrogens with one attached hydrogen (secondary N) is 1. The highest BCUT2D eigenvalue weighted by Gasteiger charge is 2.55. The van der Waals surface area contributed by atoms with Gasteiger partial charge in [0.15, 0.2) is 0 Å². The lowest BCUT2D eigenvalue weighted by Gasteiger charge is -2.53. The van der Waals surface area contributed by atoms with Crippen LogP contribution in [0.25, 0.3) is 0 Å². The molecule has 9 nitrogen and oxygen atoms in total. The summed E-state index contributed by atoms with van der Waals surface area (Å²) in [6, 6.07) is 5.02. The minimum atomic E-state index is -4.65. The Labute approximate surface area is 215 Å². The predicted molar refractivity (Wildman–Crippen MR) is 121 cm³/mol. The normalized spacial score (nSPS) is 35.9. The molecule has 4 heterocycles. The molecule has 37 heavy (non-hydrogen) atoms. The van der Waals surface area contributed by atoms with Gasteiger partial charge >= 0.3 is 6.36 Å². The first-order chi connectivity index (χ1) is 17.5. The minimum Gasteiger partial charge on any atom is -0.486 e. The first-order valence-corrected chi connectivity index (χ1v) is 12.7. The Morgan fingerprint density at radius 3 is 2.57 bits per heavy atom. The third-order valence-electron chi connectivity index (χ3n) is 8.09. The van der Waals surface area contributed by atoms with Gasteiger partial charge in [-0.15, -0.1) is 23.4 Å². The van der Waals surface area contributed by atoms with Gasteiger partial charge in [-0.25, -0.2) is 0 Å². The van der Waals surface area contributed by atoms with Crippen molar-refractivity contribution < 1.29 is 42.0 Å². The van der Waals surface area contributed by atoms with E-state index in [4.69, 9.17) is 25.5 Å². The molecule has 1 aromatic heterocycles. The van der Waals surface area contributed by atoms with Gasteiger partial charge in [0.25, 0.3) is 0 Å². The largest absolute Gasteiger partial charge is 0.522 e. The molecule has 202 valence electrons. The third kappa shape index (κ3) is 4.83. The Hall–Kier alpha value is -1.96. The monoisotopic (exact) mass is 545 g/mol. The van der Waals surface area contributed by atoms with Gasteiger partial charge in [0.1, 0.15) is 23.7 Å². The molecule has 7 rings (SSSR count). The number of hydrogen-bond donors (Lipinski definition) is 3. The molecule has 0 radical (unpaired) electrons. The zero-order valence-corrected chi connectivity index (χ0v) is 20.5. The number of rotatable bonds is 6. The van der Waals surface area contributed by atoms with Crippen molar-refractivity contribution in [2.75, 3.05) is 6.61 Å². The average molecular weight is 546 g/mol. The Morgan fingerprint density at radius 2 is 1.89 bits per heavy atom. The van der Waals surface area contributed by atoms with E-state index in [0.717, 1.165) is 0 Å². The maximum absolute atomic E-state index is 12.4. The Kier molecular flexibility index (Phi) is 6.20. The van der Waals surface area contributed by atoms with E-state index in [2.05, 4.69) is 20.3 Å². The minimum absolute atomic E-state index is 0.176. The molecule has 3 aliphatic heterocycles. The second kappa shape index (κ2) is 9.06. The van der Waals surface area contributed by atoms with Gasteiger partial charge in [0.2, 0.25) is 11.8 Å². The van der Waals surface area contributed by atoms with Crippen molar-refractivity contribution in [1.29, 1.82) is 0 Å². The summed E-state index contributed by atoms with van der Waals surface area (Å²) < 4.78 is 59.2. The Morgan fingerprint density at radius 1 is 1.14 bits per heavy atom. The van der Waals surface area contributed by atoms with Crippen molar-refractivity contribution >= 4 is 11.6 Å². The van der Waals surface area contributed by atoms with E-state index in [1.165, 1.54) is 0 Å². The number of halogens is 4. The Bertz CT molecular complexity index is 1130. The summed E-state index contributed by atoms with van der Waals surface area (Å²) in [5.41, 5.74) is -0.628. The summed E-state index contributed by atoms with van der Waals surface area (Å²) >= 11 is 6.02. The fraction of sp³-hybridized carbons (Fsp3) is 0.667. The summed E-state index contributed by atoms with van der Waals surface area (Å²) in [4.78, 5) is 0. The van der Waals surface area contributed by atoms with Gasteiger partial charge in [-0.1, -0.05) is 11.6 Å². The number of fused-ring (bicyclic) bond motifs is 4. The molecular formula is C24H27ClF3N3O6. The molecule has 2 saturated heterocycles. The fourth-order valence-corrected chi connectivity index (χ4v) is 6.02. The zero-order chi connectivity index (χ0) is 26.0.